The van der Waals surface area contributed by atoms with E-state index in [1.54, 1.807) is 0 Å². The molecule has 0 saturated carbocycles. The molecule has 0 aliphatic carbocycles. The fourth-order valence-corrected chi connectivity index (χ4v) is 5.95. The standard InChI is InChI=1S/C11H16N5O11P3/c12-11-14-9-8(10(17)15-11)13-5-16(9)7-2-1-6(25-7)3-4-28(18,19)26-30(23,24)27-29(20,21)22/h3-7H,1-2H2,(H,18,19)(H,23,24)(H2,20,21,22)(H3,12,14,15,17)/b4-3+/t6-,7+/m0/s1. The van der Waals surface area contributed by atoms with Gasteiger partial charge in [-0.15, -0.1) is 0 Å². The first-order valence-electron chi connectivity index (χ1n) is 7.95. The monoisotopic (exact) mass is 487 g/mol. The van der Waals surface area contributed by atoms with E-state index in [0.717, 1.165) is 6.08 Å². The molecule has 0 radical (unpaired) electrons. The lowest BCUT2D eigenvalue weighted by Gasteiger charge is -2.15. The first-order valence-corrected chi connectivity index (χ1v) is 12.6. The summed E-state index contributed by atoms with van der Waals surface area (Å²) in [7, 11) is -15.9. The van der Waals surface area contributed by atoms with E-state index in [1.807, 2.05) is 0 Å². The Hall–Kier alpha value is -1.70. The van der Waals surface area contributed by atoms with Crippen LogP contribution in [0.15, 0.2) is 23.0 Å². The number of imidazole rings is 1. The van der Waals surface area contributed by atoms with Crippen LogP contribution in [0.2, 0.25) is 0 Å². The van der Waals surface area contributed by atoms with Crippen molar-refractivity contribution in [2.75, 3.05) is 5.73 Å². The largest absolute Gasteiger partial charge is 0.488 e. The van der Waals surface area contributed by atoms with Crippen LogP contribution in [0.5, 0.6) is 0 Å². The number of nitrogens with two attached hydrogens (primary N) is 1. The van der Waals surface area contributed by atoms with Gasteiger partial charge in [0.25, 0.3) is 5.56 Å². The number of ether oxygens (including phenoxy) is 1. The first-order chi connectivity index (χ1) is 13.7. The number of rotatable bonds is 7. The minimum atomic E-state index is -5.52. The molecule has 0 amide bonds. The average molecular weight is 487 g/mol. The van der Waals surface area contributed by atoms with Gasteiger partial charge in [0.05, 0.1) is 12.4 Å². The number of aromatic amines is 1. The molecule has 2 unspecified atom stereocenters. The van der Waals surface area contributed by atoms with Gasteiger partial charge < -0.3 is 30.0 Å². The molecule has 19 heteroatoms. The lowest BCUT2D eigenvalue weighted by atomic mass is 10.2. The van der Waals surface area contributed by atoms with Crippen LogP contribution in [-0.2, 0) is 27.1 Å². The Morgan fingerprint density at radius 2 is 1.93 bits per heavy atom. The summed E-state index contributed by atoms with van der Waals surface area (Å²) in [5.74, 6) is 0.409. The van der Waals surface area contributed by atoms with Gasteiger partial charge >= 0.3 is 23.2 Å². The predicted octanol–water partition coefficient (Wildman–Crippen LogP) is 0.305. The van der Waals surface area contributed by atoms with Crippen LogP contribution in [0.4, 0.5) is 5.95 Å². The van der Waals surface area contributed by atoms with Crippen LogP contribution < -0.4 is 11.3 Å². The van der Waals surface area contributed by atoms with Crippen LogP contribution in [0.1, 0.15) is 19.1 Å². The van der Waals surface area contributed by atoms with E-state index in [9.17, 15) is 23.4 Å². The Morgan fingerprint density at radius 1 is 1.23 bits per heavy atom. The second-order valence-corrected chi connectivity index (χ2v) is 10.7. The van der Waals surface area contributed by atoms with Gasteiger partial charge in [-0.1, -0.05) is 0 Å². The van der Waals surface area contributed by atoms with Crippen LogP contribution in [-0.4, -0.2) is 45.2 Å². The van der Waals surface area contributed by atoms with Gasteiger partial charge in [-0.25, -0.2) is 18.4 Å². The smallest absolute Gasteiger partial charge is 0.369 e. The second kappa shape index (κ2) is 8.09. The molecule has 16 nitrogen and oxygen atoms in total. The number of nitrogens with zero attached hydrogens (tertiary/aromatic N) is 3. The lowest BCUT2D eigenvalue weighted by molar-refractivity contribution is 0.0259. The second-order valence-electron chi connectivity index (χ2n) is 6.01. The van der Waals surface area contributed by atoms with Gasteiger partial charge in [0, 0.05) is 5.82 Å². The Labute approximate surface area is 166 Å². The summed E-state index contributed by atoms with van der Waals surface area (Å²) < 4.78 is 48.4. The third-order valence-electron chi connectivity index (χ3n) is 3.71. The fraction of sp³-hybridized carbons (Fsp3) is 0.364. The van der Waals surface area contributed by atoms with Crippen molar-refractivity contribution in [2.24, 2.45) is 0 Å². The maximum absolute atomic E-state index is 11.9. The molecule has 4 atom stereocenters. The van der Waals surface area contributed by atoms with Crippen molar-refractivity contribution in [3.05, 3.63) is 28.6 Å². The Bertz CT molecular complexity index is 1190. The van der Waals surface area contributed by atoms with Crippen LogP contribution in [0.25, 0.3) is 11.2 Å². The highest BCUT2D eigenvalue weighted by Crippen LogP contribution is 2.66. The highest BCUT2D eigenvalue weighted by molar-refractivity contribution is 7.69. The Balaban J connectivity index is 1.69. The van der Waals surface area contributed by atoms with Crippen LogP contribution in [0.3, 0.4) is 0 Å². The van der Waals surface area contributed by atoms with E-state index in [4.69, 9.17) is 25.2 Å². The van der Waals surface area contributed by atoms with Gasteiger partial charge in [0.1, 0.15) is 6.23 Å². The molecular formula is C11H16N5O11P3. The van der Waals surface area contributed by atoms with Crippen molar-refractivity contribution in [2.45, 2.75) is 25.2 Å². The summed E-state index contributed by atoms with van der Waals surface area (Å²) in [6.07, 6.45) is 1.76. The molecule has 0 bridgehead atoms. The minimum Gasteiger partial charge on any atom is -0.369 e. The number of aromatic nitrogens is 4. The Morgan fingerprint density at radius 3 is 2.60 bits per heavy atom. The number of H-pyrrole nitrogens is 1. The molecule has 2 aromatic heterocycles. The number of hydrogen-bond donors (Lipinski definition) is 6. The van der Waals surface area contributed by atoms with Crippen molar-refractivity contribution >= 4 is 40.4 Å². The zero-order valence-corrected chi connectivity index (χ0v) is 17.4. The van der Waals surface area contributed by atoms with Crippen LogP contribution in [0, 0.1) is 0 Å². The van der Waals surface area contributed by atoms with E-state index < -0.39 is 41.1 Å². The van der Waals surface area contributed by atoms with Gasteiger partial charge in [-0.3, -0.25) is 18.9 Å². The van der Waals surface area contributed by atoms with Gasteiger partial charge in [0.15, 0.2) is 11.2 Å². The first kappa shape index (κ1) is 23.0. The number of anilines is 1. The predicted molar refractivity (Wildman–Crippen MR) is 98.7 cm³/mol. The van der Waals surface area contributed by atoms with Gasteiger partial charge in [0.2, 0.25) is 5.95 Å². The molecule has 3 heterocycles. The summed E-state index contributed by atoms with van der Waals surface area (Å²) in [5, 5.41) is 0. The Kier molecular flexibility index (Phi) is 6.20. The summed E-state index contributed by atoms with van der Waals surface area (Å²) >= 11 is 0. The molecule has 1 aliphatic rings. The normalized spacial score (nSPS) is 24.3. The lowest BCUT2D eigenvalue weighted by Crippen LogP contribution is -2.14. The zero-order chi connectivity index (χ0) is 22.3. The van der Waals surface area contributed by atoms with E-state index >= 15 is 0 Å². The van der Waals surface area contributed by atoms with Crippen molar-refractivity contribution in [1.82, 2.24) is 19.5 Å². The van der Waals surface area contributed by atoms with E-state index in [2.05, 4.69) is 23.6 Å². The molecule has 7 N–H and O–H groups in total. The molecule has 0 spiro atoms. The topological polar surface area (TPSA) is 249 Å². The number of hydrogen-bond acceptors (Lipinski definition) is 10. The van der Waals surface area contributed by atoms with Crippen molar-refractivity contribution in [3.8, 4) is 0 Å². The quantitative estimate of drug-likeness (QED) is 0.288. The summed E-state index contributed by atoms with van der Waals surface area (Å²) in [4.78, 5) is 57.9. The third kappa shape index (κ3) is 5.71. The number of fused-ring (bicyclic) bond motifs is 1. The van der Waals surface area contributed by atoms with E-state index in [1.165, 1.54) is 10.9 Å². The van der Waals surface area contributed by atoms with E-state index in [-0.39, 0.29) is 17.1 Å². The van der Waals surface area contributed by atoms with E-state index in [0.29, 0.717) is 18.7 Å². The molecule has 1 saturated heterocycles. The average Bonchev–Trinajstić information content (AvgIpc) is 3.15. The van der Waals surface area contributed by atoms with Gasteiger partial charge in [-0.05, 0) is 18.9 Å². The molecule has 2 aromatic rings. The van der Waals surface area contributed by atoms with Crippen molar-refractivity contribution in [1.29, 1.82) is 0 Å². The molecule has 3 rings (SSSR count). The molecule has 1 fully saturated rings. The molecule has 30 heavy (non-hydrogen) atoms. The maximum atomic E-state index is 11.9. The summed E-state index contributed by atoms with van der Waals surface area (Å²) in [6.45, 7) is 0. The number of nitrogens with one attached hydrogen (secondary N) is 1. The molecular weight excluding hydrogens is 471 g/mol. The molecule has 166 valence electrons. The zero-order valence-electron chi connectivity index (χ0n) is 14.7. The molecule has 1 aliphatic heterocycles. The third-order valence-corrected chi connectivity index (χ3v) is 7.70. The highest BCUT2D eigenvalue weighted by Gasteiger charge is 2.38. The summed E-state index contributed by atoms with van der Waals surface area (Å²) in [6, 6.07) is 0. The van der Waals surface area contributed by atoms with Crippen molar-refractivity contribution < 1.29 is 46.6 Å². The molecule has 0 aromatic carbocycles. The number of nitrogen functional groups attached to an aromatic ring is 1. The SMILES string of the molecule is Nc1nc2c(ncn2[C@H]2CC[C@@H](/C=C/P(=O)(O)OP(=O)(O)OP(=O)(O)O)O2)c(=O)[nH]1. The minimum absolute atomic E-state index is 0.0452. The van der Waals surface area contributed by atoms with Gasteiger partial charge in [-0.2, -0.15) is 9.29 Å². The number of phosphoric acid groups is 2. The van der Waals surface area contributed by atoms with Crippen LogP contribution >= 0.6 is 23.2 Å². The summed E-state index contributed by atoms with van der Waals surface area (Å²) in [5.41, 5.74) is 5.22. The fourth-order valence-electron chi connectivity index (χ4n) is 2.67. The highest BCUT2D eigenvalue weighted by atomic mass is 31.3. The van der Waals surface area contributed by atoms with Crippen molar-refractivity contribution in [3.63, 3.8) is 0 Å². The maximum Gasteiger partial charge on any atom is 0.488 e.